The molecule has 0 spiro atoms. The highest BCUT2D eigenvalue weighted by Gasteiger charge is 2.39. The van der Waals surface area contributed by atoms with Gasteiger partial charge in [-0.15, -0.1) is 0 Å². The third-order valence-corrected chi connectivity index (χ3v) is 11.1. The molecule has 0 aliphatic rings. The van der Waals surface area contributed by atoms with Crippen LogP contribution in [0.25, 0.3) is 11.3 Å². The molecule has 3 aromatic rings. The molecule has 2 aromatic heterocycles. The van der Waals surface area contributed by atoms with E-state index in [0.717, 1.165) is 23.0 Å². The molecule has 1 atom stereocenters. The highest BCUT2D eigenvalue weighted by atomic mass is 28.4. The molecule has 0 amide bonds. The number of pyridine rings is 1. The Morgan fingerprint density at radius 1 is 1.00 bits per heavy atom. The Labute approximate surface area is 217 Å². The number of benzene rings is 1. The van der Waals surface area contributed by atoms with Gasteiger partial charge in [-0.2, -0.15) is 18.2 Å². The number of hydrogen-bond acceptors (Lipinski definition) is 6. The van der Waals surface area contributed by atoms with Crippen molar-refractivity contribution >= 4 is 14.3 Å². The van der Waals surface area contributed by atoms with Crippen LogP contribution in [0.4, 0.5) is 19.1 Å². The maximum Gasteiger partial charge on any atom is 0.423 e. The molecule has 0 bridgehead atoms. The quantitative estimate of drug-likeness (QED) is 0.275. The highest BCUT2D eigenvalue weighted by Crippen LogP contribution is 2.38. The van der Waals surface area contributed by atoms with Gasteiger partial charge in [0, 0.05) is 24.5 Å². The molecule has 0 radical (unpaired) electrons. The van der Waals surface area contributed by atoms with Crippen LogP contribution < -0.4 is 10.1 Å². The Bertz CT molecular complexity index is 1150. The van der Waals surface area contributed by atoms with Crippen molar-refractivity contribution < 1.29 is 22.3 Å². The number of ether oxygens (including phenoxy) is 1. The van der Waals surface area contributed by atoms with Crippen molar-refractivity contribution in [3.05, 3.63) is 66.0 Å². The van der Waals surface area contributed by atoms with Crippen LogP contribution in [0.1, 0.15) is 45.2 Å². The summed E-state index contributed by atoms with van der Waals surface area (Å²) >= 11 is 0. The number of rotatable bonds is 10. The van der Waals surface area contributed by atoms with E-state index in [9.17, 15) is 13.2 Å². The molecule has 0 saturated carbocycles. The van der Waals surface area contributed by atoms with Gasteiger partial charge in [0.25, 0.3) is 0 Å². The fourth-order valence-corrected chi connectivity index (χ4v) is 4.19. The molecule has 1 aromatic carbocycles. The monoisotopic (exact) mass is 532 g/mol. The fraction of sp³-hybridized carbons (Fsp3) is 0.444. The largest absolute Gasteiger partial charge is 0.471 e. The second-order valence-electron chi connectivity index (χ2n) is 10.4. The minimum absolute atomic E-state index is 0.0236. The van der Waals surface area contributed by atoms with Crippen LogP contribution in [-0.2, 0) is 17.1 Å². The lowest BCUT2D eigenvalue weighted by atomic mass is 10.1. The van der Waals surface area contributed by atoms with Gasteiger partial charge in [0.05, 0.1) is 12.3 Å². The van der Waals surface area contributed by atoms with Gasteiger partial charge in [-0.25, -0.2) is 4.98 Å². The van der Waals surface area contributed by atoms with Crippen molar-refractivity contribution in [1.82, 2.24) is 15.0 Å². The molecule has 0 aliphatic carbocycles. The maximum absolute atomic E-state index is 13.7. The van der Waals surface area contributed by atoms with Crippen molar-refractivity contribution in [2.75, 3.05) is 11.9 Å². The van der Waals surface area contributed by atoms with Crippen molar-refractivity contribution in [2.45, 2.75) is 71.1 Å². The molecule has 0 aliphatic heterocycles. The SMILES string of the molecule is CC[C@H](CO[Si](C)(C)C(C)(C)C)Oc1nc(NCc2ccc(-c3ccccn3)cc2)ncc1C(F)(F)F. The first-order valence-electron chi connectivity index (χ1n) is 12.3. The molecule has 1 N–H and O–H groups in total. The highest BCUT2D eigenvalue weighted by molar-refractivity contribution is 6.74. The molecule has 10 heteroatoms. The van der Waals surface area contributed by atoms with E-state index in [1.807, 2.05) is 49.4 Å². The molecule has 3 rings (SSSR count). The maximum atomic E-state index is 13.7. The number of anilines is 1. The predicted octanol–water partition coefficient (Wildman–Crippen LogP) is 7.35. The minimum Gasteiger partial charge on any atom is -0.471 e. The standard InChI is InChI=1S/C27H35F3N4O2Si/c1-7-21(18-35-37(5,6)26(2,3)4)36-24-22(27(28,29)30)17-33-25(34-24)32-16-19-11-13-20(14-12-19)23-10-8-9-15-31-23/h8-15,17,21H,7,16,18H2,1-6H3,(H,32,33,34)/t21-/m1/s1. The lowest BCUT2D eigenvalue weighted by Crippen LogP contribution is -2.43. The Kier molecular flexibility index (Phi) is 8.96. The van der Waals surface area contributed by atoms with Crippen LogP contribution in [0.3, 0.4) is 0 Å². The van der Waals surface area contributed by atoms with Crippen LogP contribution in [0, 0.1) is 0 Å². The average Bonchev–Trinajstić information content (AvgIpc) is 2.85. The van der Waals surface area contributed by atoms with Gasteiger partial charge in [-0.05, 0) is 42.2 Å². The van der Waals surface area contributed by atoms with E-state index in [2.05, 4.69) is 54.1 Å². The first kappa shape index (κ1) is 28.6. The lowest BCUT2D eigenvalue weighted by molar-refractivity contribution is -0.140. The van der Waals surface area contributed by atoms with Crippen LogP contribution in [0.5, 0.6) is 5.88 Å². The average molecular weight is 533 g/mol. The first-order valence-corrected chi connectivity index (χ1v) is 15.2. The van der Waals surface area contributed by atoms with Gasteiger partial charge in [-0.3, -0.25) is 4.98 Å². The fourth-order valence-electron chi connectivity index (χ4n) is 3.15. The molecule has 0 fully saturated rings. The third-order valence-electron chi connectivity index (χ3n) is 6.59. The summed E-state index contributed by atoms with van der Waals surface area (Å²) in [5.41, 5.74) is 1.73. The van der Waals surface area contributed by atoms with Crippen LogP contribution in [0.2, 0.25) is 18.1 Å². The van der Waals surface area contributed by atoms with Crippen LogP contribution in [0.15, 0.2) is 54.9 Å². The van der Waals surface area contributed by atoms with Crippen LogP contribution in [-0.4, -0.2) is 36.0 Å². The van der Waals surface area contributed by atoms with E-state index < -0.39 is 32.0 Å². The number of nitrogens with zero attached hydrogens (tertiary/aromatic N) is 3. The van der Waals surface area contributed by atoms with E-state index in [4.69, 9.17) is 9.16 Å². The molecule has 6 nitrogen and oxygen atoms in total. The topological polar surface area (TPSA) is 69.2 Å². The normalized spacial score (nSPS) is 13.3. The van der Waals surface area contributed by atoms with E-state index in [-0.39, 0.29) is 17.6 Å². The summed E-state index contributed by atoms with van der Waals surface area (Å²) in [6.07, 6.45) is -2.25. The summed E-state index contributed by atoms with van der Waals surface area (Å²) in [5.74, 6) is -0.446. The zero-order chi connectivity index (χ0) is 27.3. The first-order chi connectivity index (χ1) is 17.3. The van der Waals surface area contributed by atoms with Crippen molar-refractivity contribution in [1.29, 1.82) is 0 Å². The minimum atomic E-state index is -4.65. The van der Waals surface area contributed by atoms with Gasteiger partial charge in [-0.1, -0.05) is 58.0 Å². The Balaban J connectivity index is 1.72. The van der Waals surface area contributed by atoms with Gasteiger partial charge in [0.1, 0.15) is 11.7 Å². The summed E-state index contributed by atoms with van der Waals surface area (Å²) in [5, 5.41) is 2.97. The number of halogens is 3. The summed E-state index contributed by atoms with van der Waals surface area (Å²) in [6.45, 7) is 12.9. The predicted molar refractivity (Wildman–Crippen MR) is 142 cm³/mol. The van der Waals surface area contributed by atoms with Gasteiger partial charge >= 0.3 is 6.18 Å². The molecular weight excluding hydrogens is 497 g/mol. The zero-order valence-corrected chi connectivity index (χ0v) is 23.2. The van der Waals surface area contributed by atoms with Crippen molar-refractivity contribution in [3.63, 3.8) is 0 Å². The Hall–Kier alpha value is -2.98. The van der Waals surface area contributed by atoms with E-state index in [1.165, 1.54) is 0 Å². The van der Waals surface area contributed by atoms with Gasteiger partial charge in [0.15, 0.2) is 8.32 Å². The second-order valence-corrected chi connectivity index (χ2v) is 15.2. The number of nitrogens with one attached hydrogen (secondary N) is 1. The Morgan fingerprint density at radius 2 is 1.70 bits per heavy atom. The summed E-state index contributed by atoms with van der Waals surface area (Å²) in [4.78, 5) is 12.3. The van der Waals surface area contributed by atoms with Crippen molar-refractivity contribution in [3.8, 4) is 17.1 Å². The molecule has 0 saturated heterocycles. The third kappa shape index (κ3) is 7.75. The summed E-state index contributed by atoms with van der Waals surface area (Å²) in [7, 11) is -2.09. The molecule has 0 unspecified atom stereocenters. The smallest absolute Gasteiger partial charge is 0.423 e. The van der Waals surface area contributed by atoms with Crippen molar-refractivity contribution in [2.24, 2.45) is 0 Å². The lowest BCUT2D eigenvalue weighted by Gasteiger charge is -2.37. The zero-order valence-electron chi connectivity index (χ0n) is 22.2. The van der Waals surface area contributed by atoms with Crippen LogP contribution >= 0.6 is 0 Å². The molecule has 2 heterocycles. The molecular formula is C27H35F3N4O2Si. The number of alkyl halides is 3. The molecule has 37 heavy (non-hydrogen) atoms. The van der Waals surface area contributed by atoms with E-state index in [1.54, 1.807) is 6.20 Å². The number of hydrogen-bond donors (Lipinski definition) is 1. The molecule has 200 valence electrons. The van der Waals surface area contributed by atoms with Gasteiger partial charge in [0.2, 0.25) is 11.8 Å². The summed E-state index contributed by atoms with van der Waals surface area (Å²) in [6, 6.07) is 13.4. The Morgan fingerprint density at radius 3 is 2.27 bits per heavy atom. The van der Waals surface area contributed by atoms with E-state index in [0.29, 0.717) is 13.0 Å². The second kappa shape index (κ2) is 11.6. The number of aromatic nitrogens is 3. The van der Waals surface area contributed by atoms with Gasteiger partial charge < -0.3 is 14.5 Å². The summed E-state index contributed by atoms with van der Waals surface area (Å²) < 4.78 is 53.0. The van der Waals surface area contributed by atoms with E-state index >= 15 is 0 Å².